The average molecular weight is 581 g/mol. The van der Waals surface area contributed by atoms with Gasteiger partial charge >= 0.3 is 0 Å². The van der Waals surface area contributed by atoms with Crippen LogP contribution in [0.4, 0.5) is 5.69 Å². The van der Waals surface area contributed by atoms with Crippen molar-refractivity contribution in [2.24, 2.45) is 0 Å². The number of hydrogen-bond acceptors (Lipinski definition) is 4. The number of nitriles is 1. The Morgan fingerprint density at radius 3 is 2.41 bits per heavy atom. The van der Waals surface area contributed by atoms with Crippen LogP contribution in [0.25, 0.3) is 6.08 Å². The summed E-state index contributed by atoms with van der Waals surface area (Å²) in [4.78, 5) is 12.6. The van der Waals surface area contributed by atoms with Crippen LogP contribution < -0.4 is 14.8 Å². The van der Waals surface area contributed by atoms with Gasteiger partial charge in [0.25, 0.3) is 5.91 Å². The van der Waals surface area contributed by atoms with E-state index in [1.165, 1.54) is 6.08 Å². The third-order valence-corrected chi connectivity index (χ3v) is 5.92. The monoisotopic (exact) mass is 578 g/mol. The summed E-state index contributed by atoms with van der Waals surface area (Å²) in [5, 5.41) is 13.8. The van der Waals surface area contributed by atoms with Crippen LogP contribution in [0, 0.1) is 11.3 Å². The predicted octanol–water partition coefficient (Wildman–Crippen LogP) is 7.93. The van der Waals surface area contributed by atoms with Crippen molar-refractivity contribution in [3.05, 3.63) is 90.8 Å². The fourth-order valence-corrected chi connectivity index (χ4v) is 4.07. The predicted molar refractivity (Wildman–Crippen MR) is 140 cm³/mol. The highest BCUT2D eigenvalue weighted by atomic mass is 79.9. The molecular weight excluding hydrogens is 563 g/mol. The summed E-state index contributed by atoms with van der Waals surface area (Å²) in [5.41, 5.74) is 1.78. The summed E-state index contributed by atoms with van der Waals surface area (Å²) in [6.45, 7) is 2.42. The molecule has 0 atom stereocenters. The summed E-state index contributed by atoms with van der Waals surface area (Å²) in [6, 6.07) is 17.1. The smallest absolute Gasteiger partial charge is 0.266 e. The number of anilines is 1. The lowest BCUT2D eigenvalue weighted by Gasteiger charge is -2.15. The summed E-state index contributed by atoms with van der Waals surface area (Å²) in [6.07, 6.45) is 1.47. The first-order chi connectivity index (χ1) is 16.3. The fourth-order valence-electron chi connectivity index (χ4n) is 2.91. The zero-order valence-corrected chi connectivity index (χ0v) is 21.7. The van der Waals surface area contributed by atoms with E-state index in [1.54, 1.807) is 54.6 Å². The second kappa shape index (κ2) is 12.1. The maximum atomic E-state index is 12.6. The van der Waals surface area contributed by atoms with Crippen LogP contribution in [0.2, 0.25) is 15.1 Å². The largest absolute Gasteiger partial charge is 0.490 e. The van der Waals surface area contributed by atoms with Crippen molar-refractivity contribution in [2.75, 3.05) is 11.9 Å². The number of nitrogens with one attached hydrogen (secondary N) is 1. The molecule has 174 valence electrons. The van der Waals surface area contributed by atoms with E-state index in [2.05, 4.69) is 21.2 Å². The minimum absolute atomic E-state index is 0.0779. The Morgan fingerprint density at radius 2 is 1.76 bits per heavy atom. The topological polar surface area (TPSA) is 71.3 Å². The zero-order chi connectivity index (χ0) is 24.7. The highest BCUT2D eigenvalue weighted by Gasteiger charge is 2.15. The van der Waals surface area contributed by atoms with Gasteiger partial charge < -0.3 is 14.8 Å². The molecule has 0 heterocycles. The quantitative estimate of drug-likeness (QED) is 0.217. The molecule has 3 aromatic rings. The number of halogens is 4. The molecule has 1 N–H and O–H groups in total. The Morgan fingerprint density at radius 1 is 1.06 bits per heavy atom. The van der Waals surface area contributed by atoms with Crippen LogP contribution in [0.1, 0.15) is 18.1 Å². The van der Waals surface area contributed by atoms with Gasteiger partial charge in [-0.05, 0) is 83.0 Å². The van der Waals surface area contributed by atoms with Crippen molar-refractivity contribution in [1.29, 1.82) is 5.26 Å². The molecule has 0 saturated carbocycles. The molecule has 0 radical (unpaired) electrons. The molecule has 0 aliphatic carbocycles. The van der Waals surface area contributed by atoms with Crippen molar-refractivity contribution in [3.63, 3.8) is 0 Å². The Kier molecular flexibility index (Phi) is 9.26. The lowest BCUT2D eigenvalue weighted by molar-refractivity contribution is -0.112. The van der Waals surface area contributed by atoms with Gasteiger partial charge in [0.05, 0.1) is 11.1 Å². The Hall–Kier alpha value is -2.69. The van der Waals surface area contributed by atoms with Gasteiger partial charge in [0.15, 0.2) is 11.5 Å². The number of carbonyl (C=O) groups excluding carboxylic acids is 1. The van der Waals surface area contributed by atoms with Crippen LogP contribution in [0.15, 0.2) is 64.6 Å². The minimum Gasteiger partial charge on any atom is -0.490 e. The molecule has 0 aliphatic heterocycles. The van der Waals surface area contributed by atoms with Gasteiger partial charge in [-0.25, -0.2) is 0 Å². The molecule has 1 amide bonds. The van der Waals surface area contributed by atoms with E-state index >= 15 is 0 Å². The van der Waals surface area contributed by atoms with E-state index in [1.807, 2.05) is 13.0 Å². The summed E-state index contributed by atoms with van der Waals surface area (Å²) in [5.74, 6) is 0.370. The number of nitrogens with zero attached hydrogens (tertiary/aromatic N) is 1. The maximum absolute atomic E-state index is 12.6. The van der Waals surface area contributed by atoms with Crippen LogP contribution in [0.3, 0.4) is 0 Å². The zero-order valence-electron chi connectivity index (χ0n) is 17.9. The van der Waals surface area contributed by atoms with Crippen molar-refractivity contribution >= 4 is 68.4 Å². The Bertz CT molecular complexity index is 1270. The number of rotatable bonds is 8. The van der Waals surface area contributed by atoms with E-state index in [4.69, 9.17) is 44.3 Å². The van der Waals surface area contributed by atoms with Crippen LogP contribution in [-0.2, 0) is 11.4 Å². The summed E-state index contributed by atoms with van der Waals surface area (Å²) >= 11 is 21.6. The van der Waals surface area contributed by atoms with Gasteiger partial charge in [-0.15, -0.1) is 0 Å². The average Bonchev–Trinajstić information content (AvgIpc) is 2.79. The fraction of sp³-hybridized carbons (Fsp3) is 0.120. The van der Waals surface area contributed by atoms with Crippen molar-refractivity contribution in [3.8, 4) is 17.6 Å². The van der Waals surface area contributed by atoms with Crippen LogP contribution in [-0.4, -0.2) is 12.5 Å². The molecule has 0 spiro atoms. The lowest BCUT2D eigenvalue weighted by Crippen LogP contribution is -2.13. The van der Waals surface area contributed by atoms with E-state index in [0.717, 1.165) is 5.56 Å². The third-order valence-electron chi connectivity index (χ3n) is 4.50. The van der Waals surface area contributed by atoms with Gasteiger partial charge in [0.1, 0.15) is 18.2 Å². The summed E-state index contributed by atoms with van der Waals surface area (Å²) < 4.78 is 12.3. The van der Waals surface area contributed by atoms with Gasteiger partial charge in [0, 0.05) is 26.3 Å². The van der Waals surface area contributed by atoms with Gasteiger partial charge in [0.2, 0.25) is 0 Å². The van der Waals surface area contributed by atoms with Gasteiger partial charge in [-0.2, -0.15) is 5.26 Å². The normalized spacial score (nSPS) is 11.0. The number of benzene rings is 3. The number of hydrogen-bond donors (Lipinski definition) is 1. The van der Waals surface area contributed by atoms with Crippen molar-refractivity contribution in [1.82, 2.24) is 0 Å². The van der Waals surface area contributed by atoms with Crippen LogP contribution >= 0.6 is 50.7 Å². The molecule has 34 heavy (non-hydrogen) atoms. The second-order valence-corrected chi connectivity index (χ2v) is 9.05. The molecule has 5 nitrogen and oxygen atoms in total. The molecule has 0 aromatic heterocycles. The SMILES string of the molecule is CCOc1cc(/C=C(/C#N)C(=O)Nc2ccc(Cl)cc2)cc(Br)c1OCc1ccc(Cl)cc1Cl. The van der Waals surface area contributed by atoms with Crippen LogP contribution in [0.5, 0.6) is 11.5 Å². The molecule has 9 heteroatoms. The van der Waals surface area contributed by atoms with Crippen molar-refractivity contribution < 1.29 is 14.3 Å². The Balaban J connectivity index is 1.85. The van der Waals surface area contributed by atoms with E-state index < -0.39 is 5.91 Å². The first-order valence-corrected chi connectivity index (χ1v) is 11.9. The maximum Gasteiger partial charge on any atom is 0.266 e. The molecule has 0 fully saturated rings. The van der Waals surface area contributed by atoms with E-state index in [0.29, 0.717) is 48.9 Å². The molecule has 0 saturated heterocycles. The number of ether oxygens (including phenoxy) is 2. The molecular formula is C25H18BrCl3N2O3. The number of amides is 1. The molecule has 0 aliphatic rings. The molecule has 0 bridgehead atoms. The highest BCUT2D eigenvalue weighted by molar-refractivity contribution is 9.10. The number of carbonyl (C=O) groups is 1. The Labute approximate surface area is 221 Å². The van der Waals surface area contributed by atoms with E-state index in [9.17, 15) is 10.1 Å². The summed E-state index contributed by atoms with van der Waals surface area (Å²) in [7, 11) is 0. The third kappa shape index (κ3) is 6.91. The molecule has 3 rings (SSSR count). The first-order valence-electron chi connectivity index (χ1n) is 10.0. The van der Waals surface area contributed by atoms with E-state index in [-0.39, 0.29) is 12.2 Å². The molecule has 3 aromatic carbocycles. The molecule has 0 unspecified atom stereocenters. The standard InChI is InChI=1S/C25H18BrCl3N2O3/c1-2-33-23-11-15(9-17(13-30)25(32)31-20-7-5-18(27)6-8-20)10-21(26)24(23)34-14-16-3-4-19(28)12-22(16)29/h3-12H,2,14H2,1H3,(H,31,32)/b17-9-. The highest BCUT2D eigenvalue weighted by Crippen LogP contribution is 2.38. The van der Waals surface area contributed by atoms with Gasteiger partial charge in [-0.1, -0.05) is 40.9 Å². The van der Waals surface area contributed by atoms with Gasteiger partial charge in [-0.3, -0.25) is 4.79 Å². The minimum atomic E-state index is -0.545. The second-order valence-electron chi connectivity index (χ2n) is 6.92. The lowest BCUT2D eigenvalue weighted by atomic mass is 10.1. The first kappa shape index (κ1) is 25.9. The van der Waals surface area contributed by atoms with Crippen molar-refractivity contribution in [2.45, 2.75) is 13.5 Å².